The van der Waals surface area contributed by atoms with E-state index in [1.54, 1.807) is 0 Å². The summed E-state index contributed by atoms with van der Waals surface area (Å²) in [5.41, 5.74) is 0. The Morgan fingerprint density at radius 3 is 2.46 bits per heavy atom. The number of carbonyl (C=O) groups excluding carboxylic acids is 2. The second-order valence-electron chi connectivity index (χ2n) is 2.58. The fraction of sp³-hybridized carbons (Fsp3) is 0.333. The third kappa shape index (κ3) is 2.18. The molecule has 0 fully saturated rings. The van der Waals surface area contributed by atoms with Gasteiger partial charge in [-0.2, -0.15) is 0 Å². The van der Waals surface area contributed by atoms with Crippen molar-refractivity contribution < 1.29 is 14.0 Å². The summed E-state index contributed by atoms with van der Waals surface area (Å²) in [4.78, 5) is 22.0. The lowest BCUT2D eigenvalue weighted by Crippen LogP contribution is -2.21. The Bertz CT molecular complexity index is 327. The quantitative estimate of drug-likeness (QED) is 0.713. The highest BCUT2D eigenvalue weighted by molar-refractivity contribution is 5.95. The lowest BCUT2D eigenvalue weighted by Gasteiger charge is -1.96. The second kappa shape index (κ2) is 3.89. The average molecular weight is 181 g/mol. The molecule has 0 spiro atoms. The molecule has 1 aromatic heterocycles. The van der Waals surface area contributed by atoms with Crippen LogP contribution in [-0.4, -0.2) is 18.2 Å². The molecule has 1 heterocycles. The predicted octanol–water partition coefficient (Wildman–Crippen LogP) is 1.23. The fourth-order valence-electron chi connectivity index (χ4n) is 0.897. The molecular weight excluding hydrogens is 170 g/mol. The number of ketones is 1. The maximum atomic E-state index is 11.2. The standard InChI is InChI=1S/C9H11NO3/c1-3-10-9(12)8-5-4-7(13-8)6(2)11/h4-5H,3H2,1-2H3,(H,10,12). The second-order valence-corrected chi connectivity index (χ2v) is 2.58. The molecule has 0 aliphatic rings. The van der Waals surface area contributed by atoms with Gasteiger partial charge in [0.1, 0.15) is 0 Å². The van der Waals surface area contributed by atoms with Gasteiger partial charge < -0.3 is 9.73 Å². The van der Waals surface area contributed by atoms with Crippen molar-refractivity contribution in [3.8, 4) is 0 Å². The molecule has 1 N–H and O–H groups in total. The fourth-order valence-corrected chi connectivity index (χ4v) is 0.897. The van der Waals surface area contributed by atoms with E-state index < -0.39 is 0 Å². The molecule has 1 aromatic rings. The summed E-state index contributed by atoms with van der Waals surface area (Å²) < 4.78 is 5.00. The highest BCUT2D eigenvalue weighted by atomic mass is 16.4. The van der Waals surface area contributed by atoms with Crippen molar-refractivity contribution in [1.82, 2.24) is 5.32 Å². The Morgan fingerprint density at radius 2 is 2.00 bits per heavy atom. The van der Waals surface area contributed by atoms with Crippen LogP contribution in [0.5, 0.6) is 0 Å². The Morgan fingerprint density at radius 1 is 1.38 bits per heavy atom. The number of carbonyl (C=O) groups is 2. The molecule has 0 unspecified atom stereocenters. The van der Waals surface area contributed by atoms with E-state index in [9.17, 15) is 9.59 Å². The van der Waals surface area contributed by atoms with E-state index in [1.165, 1.54) is 19.1 Å². The predicted molar refractivity (Wildman–Crippen MR) is 46.7 cm³/mol. The summed E-state index contributed by atoms with van der Waals surface area (Å²) in [5, 5.41) is 2.57. The first-order valence-corrected chi connectivity index (χ1v) is 4.04. The molecule has 0 atom stereocenters. The van der Waals surface area contributed by atoms with Crippen molar-refractivity contribution in [3.63, 3.8) is 0 Å². The van der Waals surface area contributed by atoms with Crippen molar-refractivity contribution in [2.24, 2.45) is 0 Å². The van der Waals surface area contributed by atoms with E-state index in [1.807, 2.05) is 6.92 Å². The van der Waals surface area contributed by atoms with Crippen LogP contribution in [0.2, 0.25) is 0 Å². The minimum absolute atomic E-state index is 0.173. The normalized spacial score (nSPS) is 9.69. The number of rotatable bonds is 3. The molecule has 0 radical (unpaired) electrons. The van der Waals surface area contributed by atoms with E-state index in [0.29, 0.717) is 6.54 Å². The number of nitrogens with one attached hydrogen (secondary N) is 1. The van der Waals surface area contributed by atoms with Gasteiger partial charge in [0.05, 0.1) is 0 Å². The van der Waals surface area contributed by atoms with Crippen LogP contribution in [0.15, 0.2) is 16.5 Å². The Hall–Kier alpha value is -1.58. The van der Waals surface area contributed by atoms with Gasteiger partial charge in [0, 0.05) is 13.5 Å². The first kappa shape index (κ1) is 9.51. The monoisotopic (exact) mass is 181 g/mol. The molecule has 0 saturated carbocycles. The maximum Gasteiger partial charge on any atom is 0.287 e. The minimum atomic E-state index is -0.296. The number of hydrogen-bond acceptors (Lipinski definition) is 3. The van der Waals surface area contributed by atoms with E-state index in [-0.39, 0.29) is 23.2 Å². The number of hydrogen-bond donors (Lipinski definition) is 1. The molecule has 70 valence electrons. The molecule has 1 rings (SSSR count). The number of furan rings is 1. The topological polar surface area (TPSA) is 59.3 Å². The van der Waals surface area contributed by atoms with Gasteiger partial charge in [0.2, 0.25) is 0 Å². The van der Waals surface area contributed by atoms with E-state index in [2.05, 4.69) is 5.32 Å². The van der Waals surface area contributed by atoms with Gasteiger partial charge in [-0.05, 0) is 19.1 Å². The van der Waals surface area contributed by atoms with Crippen molar-refractivity contribution in [2.75, 3.05) is 6.54 Å². The van der Waals surface area contributed by atoms with E-state index >= 15 is 0 Å². The Balaban J connectivity index is 2.79. The molecule has 0 bridgehead atoms. The lowest BCUT2D eigenvalue weighted by atomic mass is 10.3. The SMILES string of the molecule is CCNC(=O)c1ccc(C(C)=O)o1. The summed E-state index contributed by atoms with van der Waals surface area (Å²) in [6, 6.07) is 2.98. The molecule has 4 nitrogen and oxygen atoms in total. The summed E-state index contributed by atoms with van der Waals surface area (Å²) in [6.45, 7) is 3.74. The average Bonchev–Trinajstić information content (AvgIpc) is 2.52. The highest BCUT2D eigenvalue weighted by Crippen LogP contribution is 2.07. The van der Waals surface area contributed by atoms with Gasteiger partial charge in [-0.3, -0.25) is 9.59 Å². The zero-order valence-corrected chi connectivity index (χ0v) is 7.59. The van der Waals surface area contributed by atoms with Gasteiger partial charge >= 0.3 is 0 Å². The molecule has 0 aliphatic heterocycles. The largest absolute Gasteiger partial charge is 0.448 e. The van der Waals surface area contributed by atoms with Crippen molar-refractivity contribution in [1.29, 1.82) is 0 Å². The molecule has 4 heteroatoms. The van der Waals surface area contributed by atoms with Gasteiger partial charge in [-0.15, -0.1) is 0 Å². The van der Waals surface area contributed by atoms with Crippen LogP contribution in [0.4, 0.5) is 0 Å². The molecule has 0 saturated heterocycles. The summed E-state index contributed by atoms with van der Waals surface area (Å²) in [7, 11) is 0. The van der Waals surface area contributed by atoms with Gasteiger partial charge in [-0.25, -0.2) is 0 Å². The van der Waals surface area contributed by atoms with Crippen LogP contribution >= 0.6 is 0 Å². The molecule has 0 aliphatic carbocycles. The zero-order valence-electron chi connectivity index (χ0n) is 7.59. The lowest BCUT2D eigenvalue weighted by molar-refractivity contribution is 0.0920. The highest BCUT2D eigenvalue weighted by Gasteiger charge is 2.11. The van der Waals surface area contributed by atoms with E-state index in [4.69, 9.17) is 4.42 Å². The smallest absolute Gasteiger partial charge is 0.287 e. The number of Topliss-reactive ketones (excluding diaryl/α,β-unsaturated/α-hetero) is 1. The third-order valence-corrected chi connectivity index (χ3v) is 1.51. The Kier molecular flexibility index (Phi) is 2.84. The summed E-state index contributed by atoms with van der Waals surface area (Å²) in [5.74, 6) is -0.0983. The van der Waals surface area contributed by atoms with Crippen LogP contribution in [0, 0.1) is 0 Å². The third-order valence-electron chi connectivity index (χ3n) is 1.51. The van der Waals surface area contributed by atoms with Crippen LogP contribution in [0.3, 0.4) is 0 Å². The minimum Gasteiger partial charge on any atom is -0.448 e. The Labute approximate surface area is 75.9 Å². The van der Waals surface area contributed by atoms with Crippen molar-refractivity contribution in [3.05, 3.63) is 23.7 Å². The molecular formula is C9H11NO3. The van der Waals surface area contributed by atoms with Crippen molar-refractivity contribution >= 4 is 11.7 Å². The zero-order chi connectivity index (χ0) is 9.84. The van der Waals surface area contributed by atoms with Crippen LogP contribution < -0.4 is 5.32 Å². The van der Waals surface area contributed by atoms with Gasteiger partial charge in [0.15, 0.2) is 17.3 Å². The van der Waals surface area contributed by atoms with Crippen molar-refractivity contribution in [2.45, 2.75) is 13.8 Å². The van der Waals surface area contributed by atoms with Gasteiger partial charge in [0.25, 0.3) is 5.91 Å². The first-order chi connectivity index (χ1) is 6.15. The summed E-state index contributed by atoms with van der Waals surface area (Å²) >= 11 is 0. The number of amides is 1. The molecule has 13 heavy (non-hydrogen) atoms. The molecule has 0 aromatic carbocycles. The first-order valence-electron chi connectivity index (χ1n) is 4.04. The van der Waals surface area contributed by atoms with Crippen LogP contribution in [-0.2, 0) is 0 Å². The van der Waals surface area contributed by atoms with E-state index in [0.717, 1.165) is 0 Å². The molecule has 1 amide bonds. The summed E-state index contributed by atoms with van der Waals surface area (Å²) in [6.07, 6.45) is 0. The maximum absolute atomic E-state index is 11.2. The van der Waals surface area contributed by atoms with Gasteiger partial charge in [-0.1, -0.05) is 0 Å². The van der Waals surface area contributed by atoms with Crippen LogP contribution in [0.25, 0.3) is 0 Å². The van der Waals surface area contributed by atoms with Crippen LogP contribution in [0.1, 0.15) is 35.0 Å².